The Bertz CT molecular complexity index is 1060. The van der Waals surface area contributed by atoms with Crippen LogP contribution in [-0.4, -0.2) is 59.5 Å². The van der Waals surface area contributed by atoms with Crippen LogP contribution in [0.1, 0.15) is 17.7 Å². The predicted molar refractivity (Wildman–Crippen MR) is 129 cm³/mol. The van der Waals surface area contributed by atoms with E-state index in [0.717, 1.165) is 44.1 Å². The van der Waals surface area contributed by atoms with Crippen molar-refractivity contribution in [2.45, 2.75) is 13.3 Å². The lowest BCUT2D eigenvalue weighted by Crippen LogP contribution is -2.47. The van der Waals surface area contributed by atoms with Gasteiger partial charge in [0.25, 0.3) is 0 Å². The molecule has 1 amide bonds. The molecule has 1 aliphatic rings. The highest BCUT2D eigenvalue weighted by Gasteiger charge is 2.18. The van der Waals surface area contributed by atoms with Gasteiger partial charge in [-0.25, -0.2) is 10.1 Å². The number of aromatic nitrogens is 2. The lowest BCUT2D eigenvalue weighted by Gasteiger charge is -2.36. The van der Waals surface area contributed by atoms with Crippen molar-refractivity contribution >= 4 is 29.4 Å². The highest BCUT2D eigenvalue weighted by molar-refractivity contribution is 6.32. The van der Waals surface area contributed by atoms with Crippen LogP contribution in [0.2, 0.25) is 5.15 Å². The fourth-order valence-electron chi connectivity index (χ4n) is 3.75. The van der Waals surface area contributed by atoms with Crippen LogP contribution in [0.5, 0.6) is 0 Å². The second-order valence-corrected chi connectivity index (χ2v) is 8.10. The number of hydrazone groups is 1. The molecule has 7 nitrogen and oxygen atoms in total. The zero-order chi connectivity index (χ0) is 22.3. The fourth-order valence-corrected chi connectivity index (χ4v) is 4.07. The van der Waals surface area contributed by atoms with Crippen LogP contribution in [0.4, 0.5) is 5.69 Å². The standard InChI is InChI=1S/C24H27ClN6O/c1-19-22(24(25)31(28-19)21-10-6-3-7-11-21)18-26-27-23(32)12-13-29-14-16-30(17-15-29)20-8-4-2-5-9-20/h2-11,18H,12-17H2,1H3,(H,27,32)/b26-18+. The van der Waals surface area contributed by atoms with Gasteiger partial charge in [-0.3, -0.25) is 9.69 Å². The fraction of sp³-hybridized carbons (Fsp3) is 0.292. The van der Waals surface area contributed by atoms with Crippen molar-refractivity contribution in [2.24, 2.45) is 5.10 Å². The van der Waals surface area contributed by atoms with E-state index >= 15 is 0 Å². The van der Waals surface area contributed by atoms with Gasteiger partial charge in [0.15, 0.2) is 0 Å². The average Bonchev–Trinajstić information content (AvgIpc) is 3.12. The molecule has 2 aromatic carbocycles. The van der Waals surface area contributed by atoms with E-state index in [4.69, 9.17) is 11.6 Å². The molecule has 0 radical (unpaired) electrons. The molecule has 32 heavy (non-hydrogen) atoms. The second kappa shape index (κ2) is 10.4. The van der Waals surface area contributed by atoms with Crippen LogP contribution < -0.4 is 10.3 Å². The number of anilines is 1. The third-order valence-corrected chi connectivity index (χ3v) is 5.94. The lowest BCUT2D eigenvalue weighted by atomic mass is 10.2. The number of amides is 1. The maximum Gasteiger partial charge on any atom is 0.241 e. The van der Waals surface area contributed by atoms with Crippen molar-refractivity contribution < 1.29 is 4.79 Å². The van der Waals surface area contributed by atoms with E-state index in [0.29, 0.717) is 17.1 Å². The van der Waals surface area contributed by atoms with E-state index in [2.05, 4.69) is 49.7 Å². The molecule has 2 heterocycles. The van der Waals surface area contributed by atoms with Crippen LogP contribution >= 0.6 is 11.6 Å². The van der Waals surface area contributed by atoms with Crippen molar-refractivity contribution in [3.05, 3.63) is 77.1 Å². The highest BCUT2D eigenvalue weighted by Crippen LogP contribution is 2.22. The Hall–Kier alpha value is -3.16. The van der Waals surface area contributed by atoms with E-state index in [1.54, 1.807) is 10.9 Å². The molecule has 4 rings (SSSR count). The minimum atomic E-state index is -0.115. The first-order chi connectivity index (χ1) is 15.6. The van der Waals surface area contributed by atoms with Crippen molar-refractivity contribution in [2.75, 3.05) is 37.6 Å². The predicted octanol–water partition coefficient (Wildman–Crippen LogP) is 3.50. The number of para-hydroxylation sites is 2. The molecule has 0 bridgehead atoms. The first kappa shape index (κ1) is 22.0. The van der Waals surface area contributed by atoms with E-state index < -0.39 is 0 Å². The van der Waals surface area contributed by atoms with Gasteiger partial charge >= 0.3 is 0 Å². The Morgan fingerprint density at radius 1 is 1.03 bits per heavy atom. The normalized spacial score (nSPS) is 14.8. The molecule has 1 N–H and O–H groups in total. The number of piperazine rings is 1. The summed E-state index contributed by atoms with van der Waals surface area (Å²) in [4.78, 5) is 16.9. The molecule has 8 heteroatoms. The largest absolute Gasteiger partial charge is 0.369 e. The van der Waals surface area contributed by atoms with E-state index in [1.165, 1.54) is 5.69 Å². The summed E-state index contributed by atoms with van der Waals surface area (Å²) in [5.41, 5.74) is 6.16. The first-order valence-corrected chi connectivity index (χ1v) is 11.1. The van der Waals surface area contributed by atoms with E-state index in [-0.39, 0.29) is 5.91 Å². The Kier molecular flexibility index (Phi) is 7.19. The molecule has 1 aromatic heterocycles. The van der Waals surface area contributed by atoms with Crippen molar-refractivity contribution in [1.82, 2.24) is 20.1 Å². The summed E-state index contributed by atoms with van der Waals surface area (Å²) in [5, 5.41) is 9.03. The molecule has 0 spiro atoms. The van der Waals surface area contributed by atoms with Crippen LogP contribution in [-0.2, 0) is 4.79 Å². The van der Waals surface area contributed by atoms with Gasteiger partial charge < -0.3 is 4.90 Å². The van der Waals surface area contributed by atoms with E-state index in [9.17, 15) is 4.79 Å². The van der Waals surface area contributed by atoms with Crippen LogP contribution in [0, 0.1) is 6.92 Å². The topological polar surface area (TPSA) is 65.8 Å². The van der Waals surface area contributed by atoms with Gasteiger partial charge in [-0.1, -0.05) is 48.0 Å². The molecule has 1 aliphatic heterocycles. The Morgan fingerprint density at radius 2 is 1.66 bits per heavy atom. The SMILES string of the molecule is Cc1nn(-c2ccccc2)c(Cl)c1/C=N/NC(=O)CCN1CCN(c2ccccc2)CC1. The van der Waals surface area contributed by atoms with Crippen molar-refractivity contribution in [1.29, 1.82) is 0 Å². The molecule has 1 saturated heterocycles. The van der Waals surface area contributed by atoms with Gasteiger partial charge in [0.2, 0.25) is 5.91 Å². The molecule has 0 atom stereocenters. The zero-order valence-electron chi connectivity index (χ0n) is 18.1. The minimum absolute atomic E-state index is 0.115. The molecule has 166 valence electrons. The van der Waals surface area contributed by atoms with Crippen LogP contribution in [0.15, 0.2) is 65.8 Å². The molecule has 0 aliphatic carbocycles. The van der Waals surface area contributed by atoms with Crippen molar-refractivity contribution in [3.8, 4) is 5.69 Å². The molecule has 3 aromatic rings. The number of nitrogens with one attached hydrogen (secondary N) is 1. The highest BCUT2D eigenvalue weighted by atomic mass is 35.5. The summed E-state index contributed by atoms with van der Waals surface area (Å²) in [7, 11) is 0. The third-order valence-electron chi connectivity index (χ3n) is 5.58. The van der Waals surface area contributed by atoms with Crippen LogP contribution in [0.3, 0.4) is 0 Å². The second-order valence-electron chi connectivity index (χ2n) is 7.74. The maximum atomic E-state index is 12.2. The third kappa shape index (κ3) is 5.36. The number of benzene rings is 2. The average molecular weight is 451 g/mol. The molecule has 0 unspecified atom stereocenters. The molecular weight excluding hydrogens is 424 g/mol. The maximum absolute atomic E-state index is 12.2. The van der Waals surface area contributed by atoms with Gasteiger partial charge in [-0.2, -0.15) is 10.2 Å². The number of halogens is 1. The summed E-state index contributed by atoms with van der Waals surface area (Å²) < 4.78 is 1.66. The summed E-state index contributed by atoms with van der Waals surface area (Å²) in [5.74, 6) is -0.115. The smallest absolute Gasteiger partial charge is 0.241 e. The van der Waals surface area contributed by atoms with Gasteiger partial charge in [0.05, 0.1) is 23.2 Å². The number of hydrogen-bond acceptors (Lipinski definition) is 5. The first-order valence-electron chi connectivity index (χ1n) is 10.8. The lowest BCUT2D eigenvalue weighted by molar-refractivity contribution is -0.121. The van der Waals surface area contributed by atoms with Gasteiger partial charge in [-0.05, 0) is 31.2 Å². The van der Waals surface area contributed by atoms with E-state index in [1.807, 2.05) is 43.3 Å². The molecular formula is C24H27ClN6O. The molecule has 1 fully saturated rings. The summed E-state index contributed by atoms with van der Waals surface area (Å²) in [6.45, 7) is 6.40. The minimum Gasteiger partial charge on any atom is -0.369 e. The van der Waals surface area contributed by atoms with Crippen LogP contribution in [0.25, 0.3) is 5.69 Å². The van der Waals surface area contributed by atoms with Gasteiger partial charge in [0.1, 0.15) is 5.15 Å². The van der Waals surface area contributed by atoms with Gasteiger partial charge in [-0.15, -0.1) is 0 Å². The molecule has 0 saturated carbocycles. The number of aryl methyl sites for hydroxylation is 1. The summed E-state index contributed by atoms with van der Waals surface area (Å²) in [6.07, 6.45) is 1.96. The quantitative estimate of drug-likeness (QED) is 0.442. The Balaban J connectivity index is 1.24. The Morgan fingerprint density at radius 3 is 2.31 bits per heavy atom. The summed E-state index contributed by atoms with van der Waals surface area (Å²) in [6, 6.07) is 20.1. The summed E-state index contributed by atoms with van der Waals surface area (Å²) >= 11 is 6.48. The number of rotatable bonds is 7. The van der Waals surface area contributed by atoms with Crippen molar-refractivity contribution in [3.63, 3.8) is 0 Å². The number of carbonyl (C=O) groups is 1. The zero-order valence-corrected chi connectivity index (χ0v) is 18.9. The monoisotopic (exact) mass is 450 g/mol. The Labute approximate surface area is 193 Å². The van der Waals surface area contributed by atoms with Gasteiger partial charge in [0, 0.05) is 44.8 Å². The number of hydrogen-bond donors (Lipinski definition) is 1. The number of nitrogens with zero attached hydrogens (tertiary/aromatic N) is 5. The number of carbonyl (C=O) groups excluding carboxylic acids is 1.